The van der Waals surface area contributed by atoms with Crippen molar-refractivity contribution in [3.63, 3.8) is 0 Å². The molecule has 0 aliphatic carbocycles. The average molecular weight is 300 g/mol. The molecule has 2 aromatic rings. The van der Waals surface area contributed by atoms with Gasteiger partial charge in [0, 0.05) is 12.6 Å². The predicted molar refractivity (Wildman–Crippen MR) is 71.8 cm³/mol. The normalized spacial score (nSPS) is 12.2. The van der Waals surface area contributed by atoms with Gasteiger partial charge in [0.15, 0.2) is 0 Å². The van der Waals surface area contributed by atoms with Gasteiger partial charge < -0.3 is 4.90 Å². The fourth-order valence-corrected chi connectivity index (χ4v) is 2.45. The molecule has 0 spiro atoms. The van der Waals surface area contributed by atoms with Crippen molar-refractivity contribution in [1.29, 1.82) is 0 Å². The Balaban J connectivity index is 2.22. The number of hydrogen-bond acceptors (Lipinski definition) is 4. The first kappa shape index (κ1) is 13.9. The zero-order valence-corrected chi connectivity index (χ0v) is 11.9. The Hall–Kier alpha value is -1.53. The first-order valence-electron chi connectivity index (χ1n) is 5.51. The molecule has 1 unspecified atom stereocenters. The van der Waals surface area contributed by atoms with E-state index < -0.39 is 6.04 Å². The molecule has 2 rings (SSSR count). The monoisotopic (exact) mass is 299 g/mol. The first-order chi connectivity index (χ1) is 9.00. The largest absolute Gasteiger partial charge is 0.333 e. The van der Waals surface area contributed by atoms with Crippen LogP contribution >= 0.6 is 22.9 Å². The zero-order chi connectivity index (χ0) is 14.0. The van der Waals surface area contributed by atoms with Gasteiger partial charge in [-0.3, -0.25) is 4.79 Å². The second-order valence-electron chi connectivity index (χ2n) is 3.97. The van der Waals surface area contributed by atoms with Crippen molar-refractivity contribution in [2.24, 2.45) is 0 Å². The summed E-state index contributed by atoms with van der Waals surface area (Å²) in [6, 6.07) is 5.95. The molecule has 0 saturated heterocycles. The molecule has 1 aromatic heterocycles. The third-order valence-electron chi connectivity index (χ3n) is 2.84. The minimum Gasteiger partial charge on any atom is -0.333 e. The van der Waals surface area contributed by atoms with Gasteiger partial charge in [0.05, 0.1) is 6.04 Å². The highest BCUT2D eigenvalue weighted by atomic mass is 35.5. The van der Waals surface area contributed by atoms with Crippen LogP contribution in [-0.4, -0.2) is 28.1 Å². The molecule has 0 N–H and O–H groups in total. The molecule has 0 bridgehead atoms. The molecule has 100 valence electrons. The van der Waals surface area contributed by atoms with E-state index >= 15 is 0 Å². The van der Waals surface area contributed by atoms with Crippen LogP contribution in [0.3, 0.4) is 0 Å². The number of rotatable bonds is 3. The van der Waals surface area contributed by atoms with Crippen LogP contribution < -0.4 is 0 Å². The van der Waals surface area contributed by atoms with Crippen LogP contribution in [0.25, 0.3) is 0 Å². The molecule has 0 radical (unpaired) electrons. The lowest BCUT2D eigenvalue weighted by molar-refractivity contribution is 0.0739. The molecular formula is C12H11ClFN3OS. The van der Waals surface area contributed by atoms with Gasteiger partial charge in [-0.05, 0) is 24.6 Å². The van der Waals surface area contributed by atoms with E-state index in [1.54, 1.807) is 32.2 Å². The maximum Gasteiger partial charge on any atom is 0.285 e. The molecule has 1 atom stereocenters. The lowest BCUT2D eigenvalue weighted by atomic mass is 10.1. The number of aromatic nitrogens is 2. The molecule has 4 nitrogen and oxygen atoms in total. The topological polar surface area (TPSA) is 46.1 Å². The summed E-state index contributed by atoms with van der Waals surface area (Å²) in [7, 11) is 1.59. The van der Waals surface area contributed by atoms with Crippen LogP contribution in [-0.2, 0) is 0 Å². The van der Waals surface area contributed by atoms with Gasteiger partial charge in [0.1, 0.15) is 5.82 Å². The van der Waals surface area contributed by atoms with Crippen molar-refractivity contribution in [2.45, 2.75) is 13.0 Å². The number of carbonyl (C=O) groups excluding carboxylic acids is 1. The molecule has 1 amide bonds. The molecule has 19 heavy (non-hydrogen) atoms. The summed E-state index contributed by atoms with van der Waals surface area (Å²) < 4.78 is 13.9. The second kappa shape index (κ2) is 5.63. The van der Waals surface area contributed by atoms with Crippen LogP contribution in [0.15, 0.2) is 24.3 Å². The Labute approximate surface area is 118 Å². The molecule has 1 heterocycles. The minimum atomic E-state index is -0.406. The summed E-state index contributed by atoms with van der Waals surface area (Å²) in [5.74, 6) is -0.676. The van der Waals surface area contributed by atoms with Gasteiger partial charge in [-0.25, -0.2) is 4.39 Å². The minimum absolute atomic E-state index is 0.190. The van der Waals surface area contributed by atoms with Gasteiger partial charge in [0.25, 0.3) is 5.91 Å². The smallest absolute Gasteiger partial charge is 0.285 e. The number of benzene rings is 1. The Morgan fingerprint density at radius 1 is 1.42 bits per heavy atom. The molecule has 0 aliphatic rings. The Bertz CT molecular complexity index is 604. The molecule has 7 heteroatoms. The first-order valence-corrected chi connectivity index (χ1v) is 6.70. The molecule has 1 aromatic carbocycles. The summed E-state index contributed by atoms with van der Waals surface area (Å²) in [6.45, 7) is 1.75. The fourth-order valence-electron chi connectivity index (χ4n) is 1.64. The van der Waals surface area contributed by atoms with E-state index in [0.717, 1.165) is 11.3 Å². The van der Waals surface area contributed by atoms with Gasteiger partial charge >= 0.3 is 0 Å². The molecule has 0 fully saturated rings. The van der Waals surface area contributed by atoms with Crippen molar-refractivity contribution in [1.82, 2.24) is 15.1 Å². The highest BCUT2D eigenvalue weighted by molar-refractivity contribution is 7.17. The third-order valence-corrected chi connectivity index (χ3v) is 3.85. The van der Waals surface area contributed by atoms with Crippen LogP contribution in [0.2, 0.25) is 4.47 Å². The summed E-state index contributed by atoms with van der Waals surface area (Å²) in [5.41, 5.74) is 0.453. The highest BCUT2D eigenvalue weighted by Gasteiger charge is 2.23. The maximum absolute atomic E-state index is 13.7. The van der Waals surface area contributed by atoms with Gasteiger partial charge in [0.2, 0.25) is 9.47 Å². The summed E-state index contributed by atoms with van der Waals surface area (Å²) in [4.78, 5) is 13.5. The number of hydrogen-bond donors (Lipinski definition) is 0. The number of halogens is 2. The lowest BCUT2D eigenvalue weighted by Gasteiger charge is -2.24. The van der Waals surface area contributed by atoms with E-state index in [9.17, 15) is 9.18 Å². The summed E-state index contributed by atoms with van der Waals surface area (Å²) in [5, 5.41) is 7.46. The van der Waals surface area contributed by atoms with Crippen LogP contribution in [0.4, 0.5) is 4.39 Å². The number of carbonyl (C=O) groups is 1. The molecule has 0 aliphatic heterocycles. The van der Waals surface area contributed by atoms with Gasteiger partial charge in [-0.1, -0.05) is 29.5 Å². The molecule has 0 saturated carbocycles. The van der Waals surface area contributed by atoms with E-state index in [2.05, 4.69) is 10.2 Å². The standard InChI is InChI=1S/C12H11ClFN3OS/c1-7(8-5-3-4-6-9(8)14)17(2)11(18)10-15-16-12(13)19-10/h3-7H,1-2H3. The quantitative estimate of drug-likeness (QED) is 0.874. The lowest BCUT2D eigenvalue weighted by Crippen LogP contribution is -2.30. The van der Waals surface area contributed by atoms with Crippen LogP contribution in [0, 0.1) is 5.82 Å². The Morgan fingerprint density at radius 3 is 2.68 bits per heavy atom. The van der Waals surface area contributed by atoms with Crippen molar-refractivity contribution < 1.29 is 9.18 Å². The van der Waals surface area contributed by atoms with Crippen molar-refractivity contribution >= 4 is 28.8 Å². The van der Waals surface area contributed by atoms with Gasteiger partial charge in [-0.2, -0.15) is 0 Å². The predicted octanol–water partition coefficient (Wildman–Crippen LogP) is 3.16. The Kier molecular flexibility index (Phi) is 4.11. The van der Waals surface area contributed by atoms with Crippen LogP contribution in [0.1, 0.15) is 28.3 Å². The van der Waals surface area contributed by atoms with E-state index in [-0.39, 0.29) is 21.2 Å². The number of nitrogens with zero attached hydrogens (tertiary/aromatic N) is 3. The van der Waals surface area contributed by atoms with Gasteiger partial charge in [-0.15, -0.1) is 10.2 Å². The fraction of sp³-hybridized carbons (Fsp3) is 0.250. The van der Waals surface area contributed by atoms with Crippen molar-refractivity contribution in [2.75, 3.05) is 7.05 Å². The SMILES string of the molecule is CC(c1ccccc1F)N(C)C(=O)c1nnc(Cl)s1. The summed E-state index contributed by atoms with van der Waals surface area (Å²) >= 11 is 6.64. The average Bonchev–Trinajstić information content (AvgIpc) is 2.83. The van der Waals surface area contributed by atoms with Crippen molar-refractivity contribution in [3.05, 3.63) is 45.1 Å². The third kappa shape index (κ3) is 2.90. The van der Waals surface area contributed by atoms with E-state index in [1.165, 1.54) is 11.0 Å². The zero-order valence-electron chi connectivity index (χ0n) is 10.3. The van der Waals surface area contributed by atoms with Crippen molar-refractivity contribution in [3.8, 4) is 0 Å². The number of amides is 1. The Morgan fingerprint density at radius 2 is 2.11 bits per heavy atom. The maximum atomic E-state index is 13.7. The summed E-state index contributed by atoms with van der Waals surface area (Å²) in [6.07, 6.45) is 0. The van der Waals surface area contributed by atoms with E-state index in [4.69, 9.17) is 11.6 Å². The second-order valence-corrected chi connectivity index (χ2v) is 5.53. The van der Waals surface area contributed by atoms with E-state index in [0.29, 0.717) is 5.56 Å². The van der Waals surface area contributed by atoms with E-state index in [1.807, 2.05) is 0 Å². The highest BCUT2D eigenvalue weighted by Crippen LogP contribution is 2.24. The van der Waals surface area contributed by atoms with Crippen LogP contribution in [0.5, 0.6) is 0 Å². The molecular weight excluding hydrogens is 289 g/mol.